The van der Waals surface area contributed by atoms with Gasteiger partial charge in [0.25, 0.3) is 0 Å². The van der Waals surface area contributed by atoms with Gasteiger partial charge in [-0.15, -0.1) is 10.2 Å². The van der Waals surface area contributed by atoms with Crippen molar-refractivity contribution in [2.45, 2.75) is 42.8 Å². The second kappa shape index (κ2) is 5.48. The molecule has 106 valence electrons. The maximum Gasteiger partial charge on any atom is 0.145 e. The molecule has 3 rings (SSSR count). The van der Waals surface area contributed by atoms with Crippen molar-refractivity contribution < 1.29 is 4.21 Å². The van der Waals surface area contributed by atoms with E-state index in [9.17, 15) is 4.21 Å². The zero-order valence-corrected chi connectivity index (χ0v) is 12.7. The Morgan fingerprint density at radius 3 is 2.55 bits per heavy atom. The van der Waals surface area contributed by atoms with Gasteiger partial charge in [-0.1, -0.05) is 24.1 Å². The molecular weight excluding hydrogens is 270 g/mol. The maximum atomic E-state index is 12.4. The van der Waals surface area contributed by atoms with Crippen LogP contribution in [-0.2, 0) is 23.6 Å². The molecule has 0 radical (unpaired) electrons. The molecule has 0 saturated heterocycles. The third-order valence-electron chi connectivity index (χ3n) is 4.01. The molecular formula is C15H19N3OS. The minimum absolute atomic E-state index is 0.430. The number of aryl methyl sites for hydroxylation is 1. The van der Waals surface area contributed by atoms with E-state index >= 15 is 0 Å². The van der Waals surface area contributed by atoms with Crippen molar-refractivity contribution >= 4 is 10.8 Å². The van der Waals surface area contributed by atoms with Crippen LogP contribution >= 0.6 is 0 Å². The lowest BCUT2D eigenvalue weighted by Gasteiger charge is -2.24. The monoisotopic (exact) mass is 289 g/mol. The molecule has 2 aromatic rings. The first-order valence-corrected chi connectivity index (χ1v) is 8.30. The molecule has 1 heterocycles. The van der Waals surface area contributed by atoms with Gasteiger partial charge in [0.15, 0.2) is 0 Å². The van der Waals surface area contributed by atoms with Crippen LogP contribution in [0.3, 0.4) is 0 Å². The molecule has 1 aliphatic carbocycles. The van der Waals surface area contributed by atoms with E-state index in [0.29, 0.717) is 11.7 Å². The van der Waals surface area contributed by atoms with Gasteiger partial charge in [0, 0.05) is 17.9 Å². The third kappa shape index (κ3) is 2.54. The lowest BCUT2D eigenvalue weighted by Crippen LogP contribution is -2.15. The van der Waals surface area contributed by atoms with E-state index in [1.165, 1.54) is 24.8 Å². The summed E-state index contributed by atoms with van der Waals surface area (Å²) in [5, 5.41) is 8.50. The van der Waals surface area contributed by atoms with Gasteiger partial charge in [-0.2, -0.15) is 0 Å². The first-order chi connectivity index (χ1) is 9.65. The first-order valence-electron chi connectivity index (χ1n) is 6.98. The molecule has 1 unspecified atom stereocenters. The molecule has 1 aromatic heterocycles. The Hall–Kier alpha value is -1.49. The van der Waals surface area contributed by atoms with Gasteiger partial charge in [-0.05, 0) is 31.9 Å². The van der Waals surface area contributed by atoms with Crippen molar-refractivity contribution in [3.63, 3.8) is 0 Å². The average molecular weight is 289 g/mol. The van der Waals surface area contributed by atoms with Crippen molar-refractivity contribution in [3.05, 3.63) is 41.5 Å². The minimum atomic E-state index is -1.06. The first kappa shape index (κ1) is 13.5. The summed E-state index contributed by atoms with van der Waals surface area (Å²) < 4.78 is 14.4. The molecule has 5 heteroatoms. The highest BCUT2D eigenvalue weighted by molar-refractivity contribution is 7.84. The van der Waals surface area contributed by atoms with Gasteiger partial charge < -0.3 is 4.57 Å². The Labute approximate surface area is 121 Å². The van der Waals surface area contributed by atoms with Crippen LogP contribution in [0.2, 0.25) is 0 Å². The van der Waals surface area contributed by atoms with Crippen LogP contribution in [-0.4, -0.2) is 19.0 Å². The zero-order valence-electron chi connectivity index (χ0n) is 11.9. The number of benzene rings is 1. The topological polar surface area (TPSA) is 47.8 Å². The van der Waals surface area contributed by atoms with E-state index in [-0.39, 0.29) is 0 Å². The largest absolute Gasteiger partial charge is 0.317 e. The van der Waals surface area contributed by atoms with E-state index in [1.54, 1.807) is 0 Å². The standard InChI is InChI=1S/C15H19N3OS/c1-11-6-8-13(9-7-11)20(19)10-14-16-17-15(18(14)2)12-4-3-5-12/h6-9,12H,3-5,10H2,1-2H3. The Morgan fingerprint density at radius 1 is 1.25 bits per heavy atom. The van der Waals surface area contributed by atoms with Gasteiger partial charge in [0.2, 0.25) is 0 Å². The summed E-state index contributed by atoms with van der Waals surface area (Å²) in [5.74, 6) is 2.84. The van der Waals surface area contributed by atoms with E-state index in [0.717, 1.165) is 16.5 Å². The molecule has 0 aliphatic heterocycles. The van der Waals surface area contributed by atoms with Crippen LogP contribution in [0.5, 0.6) is 0 Å². The molecule has 0 bridgehead atoms. The number of hydrogen-bond donors (Lipinski definition) is 0. The summed E-state index contributed by atoms with van der Waals surface area (Å²) in [7, 11) is 0.921. The SMILES string of the molecule is Cc1ccc(S(=O)Cc2nnc(C3CCC3)n2C)cc1. The third-order valence-corrected chi connectivity index (χ3v) is 5.33. The fourth-order valence-corrected chi connectivity index (χ4v) is 3.51. The van der Waals surface area contributed by atoms with Crippen LogP contribution < -0.4 is 0 Å². The second-order valence-electron chi connectivity index (χ2n) is 5.46. The Kier molecular flexibility index (Phi) is 3.70. The molecule has 0 amide bonds. The summed E-state index contributed by atoms with van der Waals surface area (Å²) in [5.41, 5.74) is 1.18. The average Bonchev–Trinajstić information content (AvgIpc) is 2.71. The predicted molar refractivity (Wildman–Crippen MR) is 78.9 cm³/mol. The molecule has 0 N–H and O–H groups in total. The highest BCUT2D eigenvalue weighted by Crippen LogP contribution is 2.35. The summed E-state index contributed by atoms with van der Waals surface area (Å²) in [4.78, 5) is 0.851. The number of rotatable bonds is 4. The number of aromatic nitrogens is 3. The van der Waals surface area contributed by atoms with E-state index in [4.69, 9.17) is 0 Å². The predicted octanol–water partition coefficient (Wildman–Crippen LogP) is 2.70. The molecule has 1 atom stereocenters. The summed E-state index contributed by atoms with van der Waals surface area (Å²) in [6.45, 7) is 2.03. The van der Waals surface area contributed by atoms with Crippen molar-refractivity contribution in [2.75, 3.05) is 0 Å². The normalized spacial score (nSPS) is 16.9. The quantitative estimate of drug-likeness (QED) is 0.869. The van der Waals surface area contributed by atoms with Crippen LogP contribution in [0, 0.1) is 6.92 Å². The molecule has 1 fully saturated rings. The van der Waals surface area contributed by atoms with Crippen molar-refractivity contribution in [1.82, 2.24) is 14.8 Å². The van der Waals surface area contributed by atoms with Gasteiger partial charge in [0.1, 0.15) is 11.6 Å². The summed E-state index contributed by atoms with van der Waals surface area (Å²) in [6, 6.07) is 7.83. The molecule has 20 heavy (non-hydrogen) atoms. The Balaban J connectivity index is 1.75. The van der Waals surface area contributed by atoms with Crippen molar-refractivity contribution in [2.24, 2.45) is 7.05 Å². The van der Waals surface area contributed by atoms with Crippen LogP contribution in [0.15, 0.2) is 29.2 Å². The lowest BCUT2D eigenvalue weighted by atomic mass is 9.85. The van der Waals surface area contributed by atoms with Crippen molar-refractivity contribution in [3.8, 4) is 0 Å². The van der Waals surface area contributed by atoms with E-state index < -0.39 is 10.8 Å². The molecule has 1 aliphatic rings. The molecule has 1 aromatic carbocycles. The fourth-order valence-electron chi connectivity index (χ4n) is 2.41. The Bertz CT molecular complexity index is 629. The van der Waals surface area contributed by atoms with Gasteiger partial charge in [-0.3, -0.25) is 4.21 Å². The number of hydrogen-bond acceptors (Lipinski definition) is 3. The summed E-state index contributed by atoms with van der Waals surface area (Å²) in [6.07, 6.45) is 3.68. The minimum Gasteiger partial charge on any atom is -0.317 e. The number of nitrogens with zero attached hydrogens (tertiary/aromatic N) is 3. The smallest absolute Gasteiger partial charge is 0.145 e. The highest BCUT2D eigenvalue weighted by Gasteiger charge is 2.25. The van der Waals surface area contributed by atoms with Crippen LogP contribution in [0.1, 0.15) is 42.4 Å². The van der Waals surface area contributed by atoms with Gasteiger partial charge in [0.05, 0.1) is 16.6 Å². The maximum absolute atomic E-state index is 12.4. The van der Waals surface area contributed by atoms with Crippen molar-refractivity contribution in [1.29, 1.82) is 0 Å². The Morgan fingerprint density at radius 2 is 1.95 bits per heavy atom. The van der Waals surface area contributed by atoms with E-state index in [2.05, 4.69) is 10.2 Å². The van der Waals surface area contributed by atoms with Gasteiger partial charge in [-0.25, -0.2) is 0 Å². The second-order valence-corrected chi connectivity index (χ2v) is 6.92. The fraction of sp³-hybridized carbons (Fsp3) is 0.467. The lowest BCUT2D eigenvalue weighted by molar-refractivity contribution is 0.391. The molecule has 0 spiro atoms. The van der Waals surface area contributed by atoms with Gasteiger partial charge >= 0.3 is 0 Å². The van der Waals surface area contributed by atoms with Crippen LogP contribution in [0.4, 0.5) is 0 Å². The summed E-state index contributed by atoms with van der Waals surface area (Å²) >= 11 is 0. The zero-order chi connectivity index (χ0) is 14.1. The molecule has 1 saturated carbocycles. The highest BCUT2D eigenvalue weighted by atomic mass is 32.2. The van der Waals surface area contributed by atoms with E-state index in [1.807, 2.05) is 42.8 Å². The molecule has 4 nitrogen and oxygen atoms in total. The van der Waals surface area contributed by atoms with Crippen LogP contribution in [0.25, 0.3) is 0 Å².